The standard InChI is InChI=1S/C17H17ClN2O3/c1-11-7-13(9-14(18)8-11)17(22)20(10-16(21)23-3)15-6-4-5-12(2)19-15/h4-9H,10H2,1-3H3. The van der Waals surface area contributed by atoms with Crippen LogP contribution in [0.5, 0.6) is 0 Å². The van der Waals surface area contributed by atoms with E-state index in [2.05, 4.69) is 9.72 Å². The van der Waals surface area contributed by atoms with Crippen molar-refractivity contribution in [3.8, 4) is 0 Å². The molecule has 0 fully saturated rings. The first-order valence-electron chi connectivity index (χ1n) is 7.00. The molecule has 1 amide bonds. The monoisotopic (exact) mass is 332 g/mol. The van der Waals surface area contributed by atoms with Crippen LogP contribution in [0.15, 0.2) is 36.4 Å². The van der Waals surface area contributed by atoms with Gasteiger partial charge < -0.3 is 4.74 Å². The number of hydrogen-bond donors (Lipinski definition) is 0. The second kappa shape index (κ2) is 7.24. The first-order chi connectivity index (χ1) is 10.9. The molecule has 120 valence electrons. The first kappa shape index (κ1) is 17.0. The molecule has 2 aromatic rings. The molecule has 1 aromatic heterocycles. The Hall–Kier alpha value is -2.40. The highest BCUT2D eigenvalue weighted by Crippen LogP contribution is 2.19. The highest BCUT2D eigenvalue weighted by atomic mass is 35.5. The highest BCUT2D eigenvalue weighted by molar-refractivity contribution is 6.31. The van der Waals surface area contributed by atoms with Gasteiger partial charge >= 0.3 is 5.97 Å². The van der Waals surface area contributed by atoms with Gasteiger partial charge in [-0.3, -0.25) is 14.5 Å². The number of hydrogen-bond acceptors (Lipinski definition) is 4. The SMILES string of the molecule is COC(=O)CN(C(=O)c1cc(C)cc(Cl)c1)c1cccc(C)n1. The fraction of sp³-hybridized carbons (Fsp3) is 0.235. The summed E-state index contributed by atoms with van der Waals surface area (Å²) in [4.78, 5) is 30.1. The van der Waals surface area contributed by atoms with Crippen LogP contribution in [0.25, 0.3) is 0 Å². The van der Waals surface area contributed by atoms with E-state index in [1.807, 2.05) is 19.9 Å². The quantitative estimate of drug-likeness (QED) is 0.807. The van der Waals surface area contributed by atoms with E-state index in [1.165, 1.54) is 12.0 Å². The molecule has 0 saturated heterocycles. The molecule has 2 rings (SSSR count). The number of esters is 1. The maximum atomic E-state index is 12.8. The van der Waals surface area contributed by atoms with E-state index in [1.54, 1.807) is 30.3 Å². The Kier molecular flexibility index (Phi) is 5.34. The van der Waals surface area contributed by atoms with Gasteiger partial charge in [0.05, 0.1) is 7.11 Å². The molecule has 0 atom stereocenters. The zero-order valence-electron chi connectivity index (χ0n) is 13.2. The van der Waals surface area contributed by atoms with Crippen molar-refractivity contribution in [3.63, 3.8) is 0 Å². The highest BCUT2D eigenvalue weighted by Gasteiger charge is 2.22. The number of methoxy groups -OCH3 is 1. The van der Waals surface area contributed by atoms with Crippen LogP contribution in [0.4, 0.5) is 5.82 Å². The predicted molar refractivity (Wildman–Crippen MR) is 88.9 cm³/mol. The summed E-state index contributed by atoms with van der Waals surface area (Å²) >= 11 is 6.03. The molecule has 0 bridgehead atoms. The largest absolute Gasteiger partial charge is 0.468 e. The van der Waals surface area contributed by atoms with E-state index in [0.29, 0.717) is 16.4 Å². The van der Waals surface area contributed by atoms with Gasteiger partial charge in [-0.1, -0.05) is 17.7 Å². The molecule has 0 aliphatic rings. The summed E-state index contributed by atoms with van der Waals surface area (Å²) in [5.41, 5.74) is 1.99. The van der Waals surface area contributed by atoms with Crippen LogP contribution in [0.1, 0.15) is 21.6 Å². The van der Waals surface area contributed by atoms with Gasteiger partial charge in [0.15, 0.2) is 0 Å². The maximum Gasteiger partial charge on any atom is 0.325 e. The molecule has 0 unspecified atom stereocenters. The van der Waals surface area contributed by atoms with E-state index >= 15 is 0 Å². The van der Waals surface area contributed by atoms with Crippen molar-refractivity contribution in [2.45, 2.75) is 13.8 Å². The number of benzene rings is 1. The molecular formula is C17H17ClN2O3. The molecular weight excluding hydrogens is 316 g/mol. The molecule has 0 aliphatic heterocycles. The van der Waals surface area contributed by atoms with Gasteiger partial charge in [-0.15, -0.1) is 0 Å². The second-order valence-electron chi connectivity index (χ2n) is 5.12. The van der Waals surface area contributed by atoms with Crippen molar-refractivity contribution >= 4 is 29.3 Å². The lowest BCUT2D eigenvalue weighted by molar-refractivity contribution is -0.138. The third kappa shape index (κ3) is 4.29. The van der Waals surface area contributed by atoms with Gasteiger partial charge in [-0.25, -0.2) is 4.98 Å². The summed E-state index contributed by atoms with van der Waals surface area (Å²) < 4.78 is 4.68. The van der Waals surface area contributed by atoms with E-state index in [-0.39, 0.29) is 12.5 Å². The van der Waals surface area contributed by atoms with Crippen molar-refractivity contribution in [1.82, 2.24) is 4.98 Å². The van der Waals surface area contributed by atoms with Crippen molar-refractivity contribution in [3.05, 3.63) is 58.2 Å². The number of carbonyl (C=O) groups excluding carboxylic acids is 2. The molecule has 5 nitrogen and oxygen atoms in total. The molecule has 0 aliphatic carbocycles. The zero-order chi connectivity index (χ0) is 17.0. The molecule has 1 heterocycles. The predicted octanol–water partition coefficient (Wildman–Crippen LogP) is 3.17. The maximum absolute atomic E-state index is 12.8. The number of ether oxygens (including phenoxy) is 1. The first-order valence-corrected chi connectivity index (χ1v) is 7.38. The molecule has 6 heteroatoms. The molecule has 0 radical (unpaired) electrons. The Balaban J connectivity index is 2.43. The van der Waals surface area contributed by atoms with Crippen LogP contribution >= 0.6 is 11.6 Å². The number of halogens is 1. The van der Waals surface area contributed by atoms with Crippen LogP contribution in [0.3, 0.4) is 0 Å². The second-order valence-corrected chi connectivity index (χ2v) is 5.56. The summed E-state index contributed by atoms with van der Waals surface area (Å²) in [7, 11) is 1.28. The number of amides is 1. The number of aryl methyl sites for hydroxylation is 2. The summed E-state index contributed by atoms with van der Waals surface area (Å²) in [6, 6.07) is 10.3. The fourth-order valence-electron chi connectivity index (χ4n) is 2.15. The lowest BCUT2D eigenvalue weighted by Crippen LogP contribution is -2.37. The van der Waals surface area contributed by atoms with Crippen LogP contribution < -0.4 is 4.90 Å². The van der Waals surface area contributed by atoms with Gasteiger partial charge in [0.1, 0.15) is 12.4 Å². The number of aromatic nitrogens is 1. The third-order valence-corrected chi connectivity index (χ3v) is 3.42. The smallest absolute Gasteiger partial charge is 0.325 e. The van der Waals surface area contributed by atoms with Crippen LogP contribution in [0, 0.1) is 13.8 Å². The Labute approximate surface area is 139 Å². The van der Waals surface area contributed by atoms with Gasteiger partial charge in [0, 0.05) is 16.3 Å². The topological polar surface area (TPSA) is 59.5 Å². The number of rotatable bonds is 4. The zero-order valence-corrected chi connectivity index (χ0v) is 13.9. The minimum absolute atomic E-state index is 0.225. The van der Waals surface area contributed by atoms with Gasteiger partial charge in [0.2, 0.25) is 0 Å². The Morgan fingerprint density at radius 2 is 1.96 bits per heavy atom. The van der Waals surface area contributed by atoms with Crippen molar-refractivity contribution < 1.29 is 14.3 Å². The van der Waals surface area contributed by atoms with E-state index < -0.39 is 5.97 Å². The summed E-state index contributed by atoms with van der Waals surface area (Å²) in [5.74, 6) is -0.502. The fourth-order valence-corrected chi connectivity index (χ4v) is 2.43. The summed E-state index contributed by atoms with van der Waals surface area (Å²) in [6.45, 7) is 3.43. The van der Waals surface area contributed by atoms with Crippen LogP contribution in [-0.4, -0.2) is 30.5 Å². The molecule has 1 aromatic carbocycles. The lowest BCUT2D eigenvalue weighted by Gasteiger charge is -2.21. The molecule has 0 spiro atoms. The number of carbonyl (C=O) groups is 2. The van der Waals surface area contributed by atoms with Crippen molar-refractivity contribution in [2.24, 2.45) is 0 Å². The average molecular weight is 333 g/mol. The van der Waals surface area contributed by atoms with Crippen LogP contribution in [-0.2, 0) is 9.53 Å². The Bertz CT molecular complexity index is 726. The Morgan fingerprint density at radius 3 is 2.57 bits per heavy atom. The third-order valence-electron chi connectivity index (χ3n) is 3.20. The number of anilines is 1. The van der Waals surface area contributed by atoms with Crippen molar-refractivity contribution in [2.75, 3.05) is 18.6 Å². The number of pyridine rings is 1. The molecule has 23 heavy (non-hydrogen) atoms. The average Bonchev–Trinajstić information content (AvgIpc) is 2.50. The van der Waals surface area contributed by atoms with Crippen LogP contribution in [0.2, 0.25) is 5.02 Å². The minimum Gasteiger partial charge on any atom is -0.468 e. The van der Waals surface area contributed by atoms with Gasteiger partial charge in [-0.05, 0) is 49.7 Å². The van der Waals surface area contributed by atoms with Gasteiger partial charge in [-0.2, -0.15) is 0 Å². The number of nitrogens with zero attached hydrogens (tertiary/aromatic N) is 2. The Morgan fingerprint density at radius 1 is 1.22 bits per heavy atom. The van der Waals surface area contributed by atoms with E-state index in [4.69, 9.17) is 11.6 Å². The minimum atomic E-state index is -0.527. The lowest BCUT2D eigenvalue weighted by atomic mass is 10.1. The van der Waals surface area contributed by atoms with Gasteiger partial charge in [0.25, 0.3) is 5.91 Å². The molecule has 0 N–H and O–H groups in total. The van der Waals surface area contributed by atoms with E-state index in [0.717, 1.165) is 11.3 Å². The van der Waals surface area contributed by atoms with Crippen molar-refractivity contribution in [1.29, 1.82) is 0 Å². The molecule has 0 saturated carbocycles. The summed E-state index contributed by atoms with van der Waals surface area (Å²) in [5, 5.41) is 0.462. The van der Waals surface area contributed by atoms with E-state index in [9.17, 15) is 9.59 Å². The normalized spacial score (nSPS) is 10.3. The summed E-state index contributed by atoms with van der Waals surface area (Å²) in [6.07, 6.45) is 0.